The second kappa shape index (κ2) is 11.0. The zero-order chi connectivity index (χ0) is 30.3. The number of para-hydroxylation sites is 1. The van der Waals surface area contributed by atoms with Crippen molar-refractivity contribution in [1.29, 1.82) is 0 Å². The van der Waals surface area contributed by atoms with Gasteiger partial charge >= 0.3 is 12.1 Å². The molecule has 218 valence electrons. The molecule has 0 aliphatic heterocycles. The minimum Gasteiger partial charge on any atom is -0.467 e. The zero-order valence-electron chi connectivity index (χ0n) is 22.5. The van der Waals surface area contributed by atoms with Crippen LogP contribution in [0.3, 0.4) is 0 Å². The molecule has 2 atom stereocenters. The SMILES string of the molecule is COC(=O)[C@H](Cc1cccc2c1CCC2c1c(C(F)(F)F)c2ccccc2n(C)c1=O)NC(=O)c1c(F)cccc1F. The van der Waals surface area contributed by atoms with Crippen molar-refractivity contribution >= 4 is 22.8 Å². The standard InChI is InChI=1S/C31H25F5N2O4/c1-38-24-12-4-3-8-20(24)27(31(34,35)36)25(29(38)40)19-14-13-17-16(7-5-9-18(17)19)15-23(30(41)42-2)37-28(39)26-21(32)10-6-11-22(26)33/h3-12,19,23H,13-15H2,1-2H3,(H,37,39)/t19?,23-/m0/s1. The van der Waals surface area contributed by atoms with E-state index >= 15 is 0 Å². The first kappa shape index (κ1) is 29.0. The fourth-order valence-electron chi connectivity index (χ4n) is 5.87. The Kier molecular flexibility index (Phi) is 7.61. The molecule has 11 heteroatoms. The van der Waals surface area contributed by atoms with Crippen molar-refractivity contribution in [2.75, 3.05) is 7.11 Å². The number of pyridine rings is 1. The summed E-state index contributed by atoms with van der Waals surface area (Å²) in [5.74, 6) is -5.15. The summed E-state index contributed by atoms with van der Waals surface area (Å²) >= 11 is 0. The van der Waals surface area contributed by atoms with Crippen LogP contribution in [0.4, 0.5) is 22.0 Å². The van der Waals surface area contributed by atoms with Gasteiger partial charge in [-0.3, -0.25) is 9.59 Å². The van der Waals surface area contributed by atoms with Crippen LogP contribution in [0.5, 0.6) is 0 Å². The molecule has 42 heavy (non-hydrogen) atoms. The van der Waals surface area contributed by atoms with Crippen LogP contribution < -0.4 is 10.9 Å². The van der Waals surface area contributed by atoms with Gasteiger partial charge in [-0.05, 0) is 47.7 Å². The van der Waals surface area contributed by atoms with Gasteiger partial charge in [0.25, 0.3) is 11.5 Å². The minimum absolute atomic E-state index is 0.0828. The van der Waals surface area contributed by atoms with Gasteiger partial charge in [0.1, 0.15) is 23.2 Å². The molecule has 1 aliphatic carbocycles. The van der Waals surface area contributed by atoms with Gasteiger partial charge in [-0.2, -0.15) is 13.2 Å². The Morgan fingerprint density at radius 1 is 1.02 bits per heavy atom. The maximum absolute atomic E-state index is 14.5. The van der Waals surface area contributed by atoms with Crippen molar-refractivity contribution in [3.05, 3.63) is 116 Å². The normalized spacial score (nSPS) is 15.4. The largest absolute Gasteiger partial charge is 0.467 e. The third-order valence-corrected chi connectivity index (χ3v) is 7.74. The third-order valence-electron chi connectivity index (χ3n) is 7.74. The first-order chi connectivity index (χ1) is 19.9. The summed E-state index contributed by atoms with van der Waals surface area (Å²) in [5.41, 5.74) is -1.14. The van der Waals surface area contributed by atoms with Gasteiger partial charge in [0.2, 0.25) is 0 Å². The molecule has 3 aromatic carbocycles. The Bertz CT molecular complexity index is 1760. The highest BCUT2D eigenvalue weighted by atomic mass is 19.4. The number of nitrogens with one attached hydrogen (secondary N) is 1. The van der Waals surface area contributed by atoms with Crippen molar-refractivity contribution in [3.8, 4) is 0 Å². The summed E-state index contributed by atoms with van der Waals surface area (Å²) in [5, 5.41) is 2.24. The van der Waals surface area contributed by atoms with Crippen LogP contribution >= 0.6 is 0 Å². The van der Waals surface area contributed by atoms with Crippen molar-refractivity contribution < 1.29 is 36.3 Å². The zero-order valence-corrected chi connectivity index (χ0v) is 22.5. The third kappa shape index (κ3) is 5.03. The van der Waals surface area contributed by atoms with Crippen molar-refractivity contribution in [2.24, 2.45) is 7.05 Å². The van der Waals surface area contributed by atoms with E-state index in [9.17, 15) is 36.3 Å². The van der Waals surface area contributed by atoms with Crippen LogP contribution in [0, 0.1) is 11.6 Å². The molecule has 0 radical (unpaired) electrons. The molecule has 0 saturated heterocycles. The Morgan fingerprint density at radius 3 is 2.36 bits per heavy atom. The summed E-state index contributed by atoms with van der Waals surface area (Å²) in [4.78, 5) is 38.8. The van der Waals surface area contributed by atoms with Gasteiger partial charge in [-0.15, -0.1) is 0 Å². The molecule has 1 aliphatic rings. The number of rotatable bonds is 6. The number of fused-ring (bicyclic) bond motifs is 2. The number of ether oxygens (including phenoxy) is 1. The molecular formula is C31H25F5N2O4. The number of methoxy groups -OCH3 is 1. The lowest BCUT2D eigenvalue weighted by atomic mass is 9.87. The van der Waals surface area contributed by atoms with Gasteiger partial charge in [0.15, 0.2) is 0 Å². The number of carbonyl (C=O) groups excluding carboxylic acids is 2. The topological polar surface area (TPSA) is 77.4 Å². The van der Waals surface area contributed by atoms with Gasteiger partial charge in [0, 0.05) is 30.3 Å². The molecule has 1 amide bonds. The lowest BCUT2D eigenvalue weighted by Gasteiger charge is -2.22. The van der Waals surface area contributed by atoms with E-state index in [1.807, 2.05) is 0 Å². The quantitative estimate of drug-likeness (QED) is 0.242. The van der Waals surface area contributed by atoms with Crippen molar-refractivity contribution in [2.45, 2.75) is 37.4 Å². The molecule has 1 aromatic heterocycles. The molecule has 0 spiro atoms. The van der Waals surface area contributed by atoms with Crippen LogP contribution in [0.1, 0.15) is 50.5 Å². The van der Waals surface area contributed by atoms with Gasteiger partial charge in [-0.1, -0.05) is 42.5 Å². The first-order valence-corrected chi connectivity index (χ1v) is 13.1. The predicted molar refractivity (Wildman–Crippen MR) is 144 cm³/mol. The number of hydrogen-bond acceptors (Lipinski definition) is 4. The fraction of sp³-hybridized carbons (Fsp3) is 0.258. The molecule has 1 N–H and O–H groups in total. The van der Waals surface area contributed by atoms with E-state index in [1.54, 1.807) is 24.3 Å². The summed E-state index contributed by atoms with van der Waals surface area (Å²) < 4.78 is 78.0. The molecule has 6 nitrogen and oxygen atoms in total. The van der Waals surface area contributed by atoms with Crippen LogP contribution in [0.25, 0.3) is 10.9 Å². The first-order valence-electron chi connectivity index (χ1n) is 13.1. The van der Waals surface area contributed by atoms with E-state index in [4.69, 9.17) is 4.74 Å². The highest BCUT2D eigenvalue weighted by Crippen LogP contribution is 2.45. The number of esters is 1. The number of aryl methyl sites for hydroxylation is 1. The molecule has 0 bridgehead atoms. The van der Waals surface area contributed by atoms with E-state index in [0.717, 1.165) is 25.3 Å². The maximum atomic E-state index is 14.5. The molecule has 0 saturated carbocycles. The monoisotopic (exact) mass is 584 g/mol. The average molecular weight is 585 g/mol. The smallest absolute Gasteiger partial charge is 0.417 e. The minimum atomic E-state index is -4.80. The number of alkyl halides is 3. The Balaban J connectivity index is 1.56. The number of nitrogens with zero attached hydrogens (tertiary/aromatic N) is 1. The fourth-order valence-corrected chi connectivity index (χ4v) is 5.87. The number of amides is 1. The lowest BCUT2D eigenvalue weighted by Crippen LogP contribution is -2.43. The van der Waals surface area contributed by atoms with E-state index < -0.39 is 58.3 Å². The number of aromatic nitrogens is 1. The summed E-state index contributed by atoms with van der Waals surface area (Å²) in [6.45, 7) is 0. The molecule has 1 unspecified atom stereocenters. The van der Waals surface area contributed by atoms with Crippen LogP contribution in [0.15, 0.2) is 65.5 Å². The number of hydrogen-bond donors (Lipinski definition) is 1. The average Bonchev–Trinajstić information content (AvgIpc) is 3.38. The summed E-state index contributed by atoms with van der Waals surface area (Å²) in [7, 11) is 2.52. The van der Waals surface area contributed by atoms with Crippen molar-refractivity contribution in [3.63, 3.8) is 0 Å². The highest BCUT2D eigenvalue weighted by Gasteiger charge is 2.42. The molecule has 1 heterocycles. The molecular weight excluding hydrogens is 559 g/mol. The van der Waals surface area contributed by atoms with Crippen molar-refractivity contribution in [1.82, 2.24) is 9.88 Å². The predicted octanol–water partition coefficient (Wildman–Crippen LogP) is 5.43. The van der Waals surface area contributed by atoms with Crippen LogP contribution in [-0.2, 0) is 35.6 Å². The van der Waals surface area contributed by atoms with Gasteiger partial charge in [-0.25, -0.2) is 13.6 Å². The van der Waals surface area contributed by atoms with E-state index in [2.05, 4.69) is 5.32 Å². The number of halogens is 5. The summed E-state index contributed by atoms with van der Waals surface area (Å²) in [6, 6.07) is 12.3. The number of benzene rings is 3. The van der Waals surface area contributed by atoms with Gasteiger partial charge in [0.05, 0.1) is 18.2 Å². The molecule has 5 rings (SSSR count). The molecule has 4 aromatic rings. The Morgan fingerprint density at radius 2 is 1.69 bits per heavy atom. The summed E-state index contributed by atoms with van der Waals surface area (Å²) in [6.07, 6.45) is -4.46. The number of carbonyl (C=O) groups is 2. The Hall–Kier alpha value is -4.54. The maximum Gasteiger partial charge on any atom is 0.417 e. The van der Waals surface area contributed by atoms with Crippen LogP contribution in [-0.4, -0.2) is 29.6 Å². The highest BCUT2D eigenvalue weighted by molar-refractivity contribution is 5.97. The van der Waals surface area contributed by atoms with E-state index in [0.29, 0.717) is 23.1 Å². The van der Waals surface area contributed by atoms with E-state index in [-0.39, 0.29) is 29.3 Å². The lowest BCUT2D eigenvalue weighted by molar-refractivity contribution is -0.143. The van der Waals surface area contributed by atoms with Crippen LogP contribution in [0.2, 0.25) is 0 Å². The van der Waals surface area contributed by atoms with Gasteiger partial charge < -0.3 is 14.6 Å². The Labute approximate surface area is 236 Å². The second-order valence-corrected chi connectivity index (χ2v) is 10.1. The van der Waals surface area contributed by atoms with E-state index in [1.165, 1.54) is 29.8 Å². The second-order valence-electron chi connectivity index (χ2n) is 10.1. The molecule has 0 fully saturated rings.